The van der Waals surface area contributed by atoms with Crippen LogP contribution in [0, 0.1) is 0 Å². The van der Waals surface area contributed by atoms with Gasteiger partial charge < -0.3 is 0 Å². The molecule has 23 heavy (non-hydrogen) atoms. The molecule has 0 aromatic heterocycles. The number of hydrogen-bond donors (Lipinski definition) is 0. The molecule has 0 N–H and O–H groups in total. The Morgan fingerprint density at radius 1 is 0.609 bits per heavy atom. The summed E-state index contributed by atoms with van der Waals surface area (Å²) in [5, 5.41) is 0. The standard InChI is InChI=1S/3C4H9.C3F7.Sn/c3*1-3-4-2;4-1(5)2(6,7)3(8,9)10;/h3*1,3-4H2,2H3;;. The first-order valence-electron chi connectivity index (χ1n) is 8.25. The number of hydrogen-bond acceptors (Lipinski definition) is 0. The van der Waals surface area contributed by atoms with Crippen LogP contribution in [0.1, 0.15) is 59.3 Å². The fourth-order valence-corrected chi connectivity index (χ4v) is 18.9. The molecule has 0 radical (unpaired) electrons. The predicted molar refractivity (Wildman–Crippen MR) is 80.8 cm³/mol. The van der Waals surface area contributed by atoms with E-state index in [4.69, 9.17) is 0 Å². The molecular weight excluding hydrogens is 432 g/mol. The van der Waals surface area contributed by atoms with Gasteiger partial charge in [-0.15, -0.1) is 0 Å². The van der Waals surface area contributed by atoms with Crippen LogP contribution in [0.15, 0.2) is 0 Å². The first kappa shape index (κ1) is 23.3. The summed E-state index contributed by atoms with van der Waals surface area (Å²) in [6, 6.07) is 0. The van der Waals surface area contributed by atoms with Crippen LogP contribution < -0.4 is 0 Å². The molecule has 0 saturated heterocycles. The fraction of sp³-hybridized carbons (Fsp3) is 1.00. The number of unbranched alkanes of at least 4 members (excludes halogenated alkanes) is 3. The van der Waals surface area contributed by atoms with E-state index in [1.165, 1.54) is 0 Å². The van der Waals surface area contributed by atoms with Crippen LogP contribution in [-0.2, 0) is 0 Å². The van der Waals surface area contributed by atoms with E-state index in [0.29, 0.717) is 38.5 Å². The predicted octanol–water partition coefficient (Wildman–Crippen LogP) is 7.21. The van der Waals surface area contributed by atoms with E-state index < -0.39 is 34.4 Å². The Morgan fingerprint density at radius 3 is 1.13 bits per heavy atom. The van der Waals surface area contributed by atoms with Gasteiger partial charge in [0.1, 0.15) is 0 Å². The molecule has 140 valence electrons. The van der Waals surface area contributed by atoms with E-state index in [0.717, 1.165) is 0 Å². The Hall–Kier alpha value is 0.309. The molecule has 0 heterocycles. The Kier molecular flexibility index (Phi) is 9.25. The maximum absolute atomic E-state index is 14.6. The third-order valence-corrected chi connectivity index (χ3v) is 20.4. The van der Waals surface area contributed by atoms with Gasteiger partial charge in [-0.1, -0.05) is 0 Å². The summed E-state index contributed by atoms with van der Waals surface area (Å²) in [4.78, 5) is 0. The Morgan fingerprint density at radius 2 is 0.913 bits per heavy atom. The van der Waals surface area contributed by atoms with Crippen molar-refractivity contribution in [2.24, 2.45) is 0 Å². The van der Waals surface area contributed by atoms with E-state index in [1.807, 2.05) is 0 Å². The molecule has 0 aliphatic carbocycles. The van der Waals surface area contributed by atoms with Crippen LogP contribution in [0.3, 0.4) is 0 Å². The fourth-order valence-electron chi connectivity index (χ4n) is 2.90. The SMILES string of the molecule is CCC[CH2][Sn]([CH2]CCC)([CH2]CCC)[C](F)(F)C(F)(F)C(F)(F)F. The molecule has 0 bridgehead atoms. The molecule has 0 aliphatic rings. The van der Waals surface area contributed by atoms with Gasteiger partial charge in [0.15, 0.2) is 0 Å². The van der Waals surface area contributed by atoms with Crippen molar-refractivity contribution < 1.29 is 30.7 Å². The van der Waals surface area contributed by atoms with Crippen LogP contribution in [0.25, 0.3) is 0 Å². The van der Waals surface area contributed by atoms with Gasteiger partial charge >= 0.3 is 138 Å². The van der Waals surface area contributed by atoms with Crippen LogP contribution in [0.4, 0.5) is 30.7 Å². The van der Waals surface area contributed by atoms with Crippen LogP contribution >= 0.6 is 0 Å². The van der Waals surface area contributed by atoms with Gasteiger partial charge in [0.2, 0.25) is 0 Å². The average Bonchev–Trinajstić information content (AvgIpc) is 2.45. The molecule has 0 amide bonds. The van der Waals surface area contributed by atoms with Gasteiger partial charge in [0, 0.05) is 0 Å². The molecule has 0 aromatic carbocycles. The summed E-state index contributed by atoms with van der Waals surface area (Å²) in [5.74, 6) is -5.93. The van der Waals surface area contributed by atoms with E-state index in [9.17, 15) is 30.7 Å². The second-order valence-corrected chi connectivity index (χ2v) is 19.6. The van der Waals surface area contributed by atoms with Crippen molar-refractivity contribution in [3.63, 3.8) is 0 Å². The van der Waals surface area contributed by atoms with Crippen molar-refractivity contribution in [2.75, 3.05) is 0 Å². The molecule has 0 unspecified atom stereocenters. The summed E-state index contributed by atoms with van der Waals surface area (Å²) in [7, 11) is 0. The van der Waals surface area contributed by atoms with Crippen LogP contribution in [-0.4, -0.2) is 34.4 Å². The molecule has 0 rings (SSSR count). The average molecular weight is 459 g/mol. The van der Waals surface area contributed by atoms with E-state index in [2.05, 4.69) is 0 Å². The Labute approximate surface area is 138 Å². The third kappa shape index (κ3) is 5.14. The zero-order valence-corrected chi connectivity index (χ0v) is 16.9. The van der Waals surface area contributed by atoms with Crippen molar-refractivity contribution in [1.29, 1.82) is 0 Å². The van der Waals surface area contributed by atoms with Crippen LogP contribution in [0.5, 0.6) is 0 Å². The van der Waals surface area contributed by atoms with E-state index in [1.54, 1.807) is 20.8 Å². The first-order chi connectivity index (χ1) is 10.4. The van der Waals surface area contributed by atoms with Gasteiger partial charge in [-0.2, -0.15) is 0 Å². The molecule has 0 saturated carbocycles. The molecule has 0 spiro atoms. The monoisotopic (exact) mass is 460 g/mol. The molecule has 0 aliphatic heterocycles. The summed E-state index contributed by atoms with van der Waals surface area (Å²) in [6.45, 7) is 5.20. The summed E-state index contributed by atoms with van der Waals surface area (Å²) in [6.07, 6.45) is -3.75. The summed E-state index contributed by atoms with van der Waals surface area (Å²) >= 11 is -5.07. The molecular formula is C15H27F7Sn. The maximum atomic E-state index is 14.6. The summed E-state index contributed by atoms with van der Waals surface area (Å²) < 4.78 is 89.2. The van der Waals surface area contributed by atoms with Crippen LogP contribution in [0.2, 0.25) is 13.3 Å². The van der Waals surface area contributed by atoms with Crippen molar-refractivity contribution >= 4 is 18.4 Å². The second kappa shape index (κ2) is 9.13. The topological polar surface area (TPSA) is 0 Å². The van der Waals surface area contributed by atoms with Gasteiger partial charge in [-0.3, -0.25) is 0 Å². The van der Waals surface area contributed by atoms with Gasteiger partial charge in [-0.25, -0.2) is 0 Å². The molecule has 0 aromatic rings. The minimum absolute atomic E-state index is 0.107. The van der Waals surface area contributed by atoms with E-state index in [-0.39, 0.29) is 13.3 Å². The third-order valence-electron chi connectivity index (χ3n) is 4.44. The normalized spacial score (nSPS) is 14.3. The molecule has 0 atom stereocenters. The van der Waals surface area contributed by atoms with Crippen molar-refractivity contribution in [3.8, 4) is 0 Å². The summed E-state index contributed by atoms with van der Waals surface area (Å²) in [5.41, 5.74) is 0. The quantitative estimate of drug-likeness (QED) is 0.226. The van der Waals surface area contributed by atoms with Gasteiger partial charge in [0.25, 0.3) is 0 Å². The Bertz CT molecular complexity index is 317. The zero-order chi connectivity index (χ0) is 18.4. The minimum atomic E-state index is -6.21. The van der Waals surface area contributed by atoms with Crippen molar-refractivity contribution in [2.45, 2.75) is 88.6 Å². The molecule has 0 nitrogen and oxygen atoms in total. The van der Waals surface area contributed by atoms with Crippen molar-refractivity contribution in [1.82, 2.24) is 0 Å². The molecule has 0 fully saturated rings. The van der Waals surface area contributed by atoms with Gasteiger partial charge in [-0.05, 0) is 0 Å². The number of alkyl halides is 7. The number of rotatable bonds is 11. The number of halogens is 7. The zero-order valence-electron chi connectivity index (χ0n) is 14.0. The van der Waals surface area contributed by atoms with Crippen molar-refractivity contribution in [3.05, 3.63) is 0 Å². The van der Waals surface area contributed by atoms with E-state index >= 15 is 0 Å². The molecule has 8 heteroatoms. The Balaban J connectivity index is 5.91. The first-order valence-corrected chi connectivity index (χ1v) is 15.7. The second-order valence-electron chi connectivity index (χ2n) is 6.24. The van der Waals surface area contributed by atoms with Gasteiger partial charge in [0.05, 0.1) is 0 Å².